The van der Waals surface area contributed by atoms with E-state index in [1.165, 1.54) is 6.20 Å². The molecule has 4 aromatic rings. The molecule has 0 unspecified atom stereocenters. The van der Waals surface area contributed by atoms with E-state index in [1.807, 2.05) is 13.0 Å². The largest absolute Gasteiger partial charge is 0.318 e. The molecule has 0 spiro atoms. The lowest BCUT2D eigenvalue weighted by atomic mass is 10.0. The summed E-state index contributed by atoms with van der Waals surface area (Å²) >= 11 is 5.79. The van der Waals surface area contributed by atoms with Crippen LogP contribution in [0.5, 0.6) is 0 Å². The molecule has 0 saturated carbocycles. The lowest BCUT2D eigenvalue weighted by Crippen LogP contribution is -2.25. The number of aromatic nitrogens is 5. The van der Waals surface area contributed by atoms with Gasteiger partial charge in [0.2, 0.25) is 5.91 Å². The van der Waals surface area contributed by atoms with Gasteiger partial charge in [-0.3, -0.25) is 24.2 Å². The normalized spacial score (nSPS) is 13.4. The number of carbonyl (C=O) groups is 2. The summed E-state index contributed by atoms with van der Waals surface area (Å²) in [5.41, 5.74) is 0.556. The number of hydrogen-bond donors (Lipinski definition) is 1. The van der Waals surface area contributed by atoms with Crippen molar-refractivity contribution in [3.8, 4) is 11.3 Å². The van der Waals surface area contributed by atoms with Gasteiger partial charge < -0.3 is 5.32 Å². The minimum absolute atomic E-state index is 0.0597. The summed E-state index contributed by atoms with van der Waals surface area (Å²) in [5, 5.41) is 6.52. The molecule has 1 aliphatic heterocycles. The Labute approximate surface area is 225 Å². The summed E-state index contributed by atoms with van der Waals surface area (Å²) in [4.78, 5) is 38.8. The van der Waals surface area contributed by atoms with Crippen LogP contribution in [0, 0.1) is 12.7 Å². The number of pyridine rings is 1. The first-order chi connectivity index (χ1) is 18.7. The molecule has 1 aromatic carbocycles. The van der Waals surface area contributed by atoms with Gasteiger partial charge in [-0.1, -0.05) is 17.7 Å². The van der Waals surface area contributed by atoms with Gasteiger partial charge in [0.05, 0.1) is 41.5 Å². The molecule has 200 valence electrons. The average Bonchev–Trinajstić information content (AvgIpc) is 3.55. The first-order valence-electron chi connectivity index (χ1n) is 11.9. The molecular weight excluding hydrogens is 535 g/mol. The maximum Gasteiger partial charge on any atom is 0.275 e. The van der Waals surface area contributed by atoms with Crippen molar-refractivity contribution in [1.82, 2.24) is 24.7 Å². The number of halogens is 4. The number of hydrogen-bond acceptors (Lipinski definition) is 6. The third-order valence-corrected chi connectivity index (χ3v) is 6.56. The SMILES string of the molecule is Cc1cc(N2CCCC2=O)ncc1Cn1cc(NC(=O)c2cncc(-c3c(C(F)F)ccc(Cl)c3F)n2)cn1. The zero-order valence-electron chi connectivity index (χ0n) is 20.5. The van der Waals surface area contributed by atoms with Gasteiger partial charge in [-0.05, 0) is 36.6 Å². The number of nitrogens with one attached hydrogen (secondary N) is 1. The molecule has 1 aliphatic rings. The number of rotatable bonds is 7. The predicted octanol–water partition coefficient (Wildman–Crippen LogP) is 5.20. The third-order valence-electron chi connectivity index (χ3n) is 6.26. The second-order valence-electron chi connectivity index (χ2n) is 8.91. The van der Waals surface area contributed by atoms with Crippen molar-refractivity contribution < 1.29 is 22.8 Å². The van der Waals surface area contributed by atoms with Crippen LogP contribution in [-0.2, 0) is 11.3 Å². The van der Waals surface area contributed by atoms with Crippen LogP contribution in [0.15, 0.2) is 49.2 Å². The van der Waals surface area contributed by atoms with Crippen LogP contribution >= 0.6 is 11.6 Å². The van der Waals surface area contributed by atoms with Crippen LogP contribution in [0.1, 0.15) is 46.4 Å². The fraction of sp³-hybridized carbons (Fsp3) is 0.231. The highest BCUT2D eigenvalue weighted by molar-refractivity contribution is 6.31. The molecule has 0 atom stereocenters. The Balaban J connectivity index is 1.30. The van der Waals surface area contributed by atoms with Crippen LogP contribution in [0.4, 0.5) is 24.7 Å². The van der Waals surface area contributed by atoms with Crippen molar-refractivity contribution >= 4 is 34.9 Å². The zero-order chi connectivity index (χ0) is 27.7. The molecule has 13 heteroatoms. The molecule has 1 N–H and O–H groups in total. The molecule has 0 radical (unpaired) electrons. The molecule has 0 bridgehead atoms. The van der Waals surface area contributed by atoms with E-state index >= 15 is 0 Å². The molecule has 9 nitrogen and oxygen atoms in total. The van der Waals surface area contributed by atoms with Crippen molar-refractivity contribution in [2.24, 2.45) is 0 Å². The van der Waals surface area contributed by atoms with Crippen LogP contribution in [0.2, 0.25) is 5.02 Å². The Bertz CT molecular complexity index is 1580. The maximum atomic E-state index is 14.6. The fourth-order valence-electron chi connectivity index (χ4n) is 4.26. The summed E-state index contributed by atoms with van der Waals surface area (Å²) in [7, 11) is 0. The van der Waals surface area contributed by atoms with E-state index in [0.717, 1.165) is 42.1 Å². The minimum Gasteiger partial charge on any atom is -0.318 e. The number of anilines is 2. The van der Waals surface area contributed by atoms with E-state index in [1.54, 1.807) is 22.0 Å². The molecule has 5 rings (SSSR count). The second-order valence-corrected chi connectivity index (χ2v) is 9.32. The Morgan fingerprint density at radius 3 is 2.74 bits per heavy atom. The van der Waals surface area contributed by atoms with Gasteiger partial charge in [-0.15, -0.1) is 0 Å². The topological polar surface area (TPSA) is 106 Å². The molecule has 0 aliphatic carbocycles. The highest BCUT2D eigenvalue weighted by Gasteiger charge is 2.24. The molecule has 1 fully saturated rings. The first kappa shape index (κ1) is 26.3. The molecule has 2 amide bonds. The van der Waals surface area contributed by atoms with Gasteiger partial charge in [0.15, 0.2) is 5.82 Å². The number of benzene rings is 1. The lowest BCUT2D eigenvalue weighted by molar-refractivity contribution is -0.117. The number of carbonyl (C=O) groups excluding carboxylic acids is 2. The van der Waals surface area contributed by atoms with Gasteiger partial charge in [-0.2, -0.15) is 5.10 Å². The van der Waals surface area contributed by atoms with E-state index in [2.05, 4.69) is 25.4 Å². The highest BCUT2D eigenvalue weighted by atomic mass is 35.5. The highest BCUT2D eigenvalue weighted by Crippen LogP contribution is 2.35. The Hall–Kier alpha value is -4.32. The van der Waals surface area contributed by atoms with Gasteiger partial charge >= 0.3 is 0 Å². The smallest absolute Gasteiger partial charge is 0.275 e. The van der Waals surface area contributed by atoms with Gasteiger partial charge in [0, 0.05) is 36.5 Å². The van der Waals surface area contributed by atoms with Crippen molar-refractivity contribution in [2.75, 3.05) is 16.8 Å². The van der Waals surface area contributed by atoms with Gasteiger partial charge in [-0.25, -0.2) is 23.1 Å². The Morgan fingerprint density at radius 1 is 1.21 bits per heavy atom. The minimum atomic E-state index is -2.99. The van der Waals surface area contributed by atoms with Crippen molar-refractivity contribution in [2.45, 2.75) is 32.7 Å². The monoisotopic (exact) mass is 555 g/mol. The van der Waals surface area contributed by atoms with Crippen LogP contribution in [-0.4, -0.2) is 43.1 Å². The summed E-state index contributed by atoms with van der Waals surface area (Å²) in [6, 6.07) is 3.90. The molecular formula is C26H21ClF3N7O2. The van der Waals surface area contributed by atoms with Crippen LogP contribution in [0.3, 0.4) is 0 Å². The first-order valence-corrected chi connectivity index (χ1v) is 12.3. The molecule has 3 aromatic heterocycles. The molecule has 4 heterocycles. The Morgan fingerprint density at radius 2 is 2.03 bits per heavy atom. The summed E-state index contributed by atoms with van der Waals surface area (Å²) < 4.78 is 43.2. The molecule has 1 saturated heterocycles. The number of amides is 2. The van der Waals surface area contributed by atoms with E-state index in [9.17, 15) is 22.8 Å². The zero-order valence-corrected chi connectivity index (χ0v) is 21.3. The summed E-state index contributed by atoms with van der Waals surface area (Å²) in [6.07, 6.45) is 5.28. The fourth-order valence-corrected chi connectivity index (χ4v) is 4.42. The summed E-state index contributed by atoms with van der Waals surface area (Å²) in [6.45, 7) is 2.94. The van der Waals surface area contributed by atoms with Crippen LogP contribution in [0.25, 0.3) is 11.3 Å². The van der Waals surface area contributed by atoms with E-state index < -0.39 is 29.3 Å². The number of nitrogens with zero attached hydrogens (tertiary/aromatic N) is 6. The average molecular weight is 556 g/mol. The van der Waals surface area contributed by atoms with Crippen LogP contribution < -0.4 is 10.2 Å². The predicted molar refractivity (Wildman–Crippen MR) is 137 cm³/mol. The number of alkyl halides is 2. The van der Waals surface area contributed by atoms with E-state index in [-0.39, 0.29) is 22.3 Å². The maximum absolute atomic E-state index is 14.6. The van der Waals surface area contributed by atoms with E-state index in [4.69, 9.17) is 11.6 Å². The molecule has 39 heavy (non-hydrogen) atoms. The number of aryl methyl sites for hydroxylation is 1. The Kier molecular flexibility index (Phi) is 7.29. The second kappa shape index (κ2) is 10.8. The standard InChI is InChI=1S/C26H21ClF3N7O2/c1-14-7-21(37-6-2-3-22(37)38)32-8-15(14)12-36-13-16(9-33-36)34-26(39)20-11-31-10-19(35-20)23-17(25(29)30)4-5-18(27)24(23)28/h4-5,7-11,13,25H,2-3,6,12H2,1H3,(H,34,39). The quantitative estimate of drug-likeness (QED) is 0.336. The van der Waals surface area contributed by atoms with Crippen molar-refractivity contribution in [1.29, 1.82) is 0 Å². The van der Waals surface area contributed by atoms with E-state index in [0.29, 0.717) is 31.0 Å². The van der Waals surface area contributed by atoms with Gasteiger partial charge in [0.1, 0.15) is 11.5 Å². The van der Waals surface area contributed by atoms with Crippen molar-refractivity contribution in [3.05, 3.63) is 82.4 Å². The van der Waals surface area contributed by atoms with Crippen molar-refractivity contribution in [3.63, 3.8) is 0 Å². The summed E-state index contributed by atoms with van der Waals surface area (Å²) in [5.74, 6) is -1.09. The van der Waals surface area contributed by atoms with Gasteiger partial charge in [0.25, 0.3) is 12.3 Å². The third kappa shape index (κ3) is 5.46. The lowest BCUT2D eigenvalue weighted by Gasteiger charge is -2.16.